The topological polar surface area (TPSA) is 255 Å². The summed E-state index contributed by atoms with van der Waals surface area (Å²) < 4.78 is 9.71. The summed E-state index contributed by atoms with van der Waals surface area (Å²) in [6, 6.07) is 0. The Morgan fingerprint density at radius 2 is 0.968 bits per heavy atom. The number of aliphatic hydroxyl groups excluding tert-OH is 8. The Hall–Kier alpha value is -1.14. The molecule has 0 spiro atoms. The number of rotatable bonds is 8. The summed E-state index contributed by atoms with van der Waals surface area (Å²) in [7, 11) is 0. The standard InChI is InChI=1S/C17H28O14/c18-4-6-10(22)12(24)14(26)16(28,30-6)8(20)2-1-3-9(21)17(29)15(27)13(25)11(23)7(5-19)31-17/h6-7,10-15,18-19,22-29H,1-5H2/t6-,7-,10-,11-,12+,13+,14-,15-,16?,17?/m1/s1. The first kappa shape index (κ1) is 26.1. The number of hydrogen-bond donors (Lipinski definition) is 10. The lowest BCUT2D eigenvalue weighted by Gasteiger charge is -2.44. The van der Waals surface area contributed by atoms with E-state index in [2.05, 4.69) is 0 Å². The van der Waals surface area contributed by atoms with Crippen molar-refractivity contribution in [3.05, 3.63) is 0 Å². The number of aliphatic hydroxyl groups is 10. The highest BCUT2D eigenvalue weighted by Crippen LogP contribution is 2.32. The lowest BCUT2D eigenvalue weighted by molar-refractivity contribution is -0.331. The molecule has 2 saturated heterocycles. The van der Waals surface area contributed by atoms with Gasteiger partial charge < -0.3 is 60.5 Å². The molecular formula is C17H28O14. The van der Waals surface area contributed by atoms with Gasteiger partial charge in [0.15, 0.2) is 11.6 Å². The van der Waals surface area contributed by atoms with E-state index >= 15 is 0 Å². The molecule has 0 amide bonds. The van der Waals surface area contributed by atoms with Gasteiger partial charge in [0, 0.05) is 12.8 Å². The van der Waals surface area contributed by atoms with Crippen molar-refractivity contribution >= 4 is 11.6 Å². The fraction of sp³-hybridized carbons (Fsp3) is 0.882. The Morgan fingerprint density at radius 3 is 1.26 bits per heavy atom. The average molecular weight is 456 g/mol. The van der Waals surface area contributed by atoms with E-state index < -0.39 is 98.0 Å². The summed E-state index contributed by atoms with van der Waals surface area (Å²) in [5, 5.41) is 97.7. The summed E-state index contributed by atoms with van der Waals surface area (Å²) in [6.07, 6.45) is -17.0. The minimum Gasteiger partial charge on any atom is -0.394 e. The van der Waals surface area contributed by atoms with Gasteiger partial charge in [-0.05, 0) is 6.42 Å². The quantitative estimate of drug-likeness (QED) is 0.163. The zero-order chi connectivity index (χ0) is 23.7. The predicted molar refractivity (Wildman–Crippen MR) is 93.7 cm³/mol. The maximum atomic E-state index is 12.4. The van der Waals surface area contributed by atoms with Crippen LogP contribution in [0.15, 0.2) is 0 Å². The molecule has 0 saturated carbocycles. The molecule has 0 aromatic rings. The molecule has 10 atom stereocenters. The fourth-order valence-electron chi connectivity index (χ4n) is 3.54. The van der Waals surface area contributed by atoms with Crippen LogP contribution in [0.25, 0.3) is 0 Å². The van der Waals surface area contributed by atoms with Crippen LogP contribution in [0.5, 0.6) is 0 Å². The minimum atomic E-state index is -2.99. The zero-order valence-electron chi connectivity index (χ0n) is 16.3. The molecule has 14 heteroatoms. The van der Waals surface area contributed by atoms with Crippen molar-refractivity contribution in [1.29, 1.82) is 0 Å². The number of carbonyl (C=O) groups is 2. The number of Topliss-reactive ketones (excluding diaryl/α,β-unsaturated/α-hetero) is 2. The van der Waals surface area contributed by atoms with Gasteiger partial charge in [0.2, 0.25) is 0 Å². The van der Waals surface area contributed by atoms with Crippen LogP contribution in [0.4, 0.5) is 0 Å². The summed E-state index contributed by atoms with van der Waals surface area (Å²) in [5.74, 6) is -8.40. The van der Waals surface area contributed by atoms with Gasteiger partial charge in [-0.1, -0.05) is 0 Å². The summed E-state index contributed by atoms with van der Waals surface area (Å²) in [6.45, 7) is -1.77. The average Bonchev–Trinajstić information content (AvgIpc) is 2.75. The summed E-state index contributed by atoms with van der Waals surface area (Å²) in [5.41, 5.74) is 0. The molecule has 0 aromatic carbocycles. The van der Waals surface area contributed by atoms with Crippen molar-refractivity contribution < 1.29 is 70.1 Å². The maximum Gasteiger partial charge on any atom is 0.256 e. The van der Waals surface area contributed by atoms with Gasteiger partial charge >= 0.3 is 0 Å². The second-order valence-electron chi connectivity index (χ2n) is 7.62. The molecule has 180 valence electrons. The van der Waals surface area contributed by atoms with Crippen molar-refractivity contribution in [2.24, 2.45) is 0 Å². The van der Waals surface area contributed by atoms with Crippen LogP contribution in [0.1, 0.15) is 19.3 Å². The Bertz CT molecular complexity index is 601. The molecule has 0 aliphatic carbocycles. The number of carbonyl (C=O) groups excluding carboxylic acids is 2. The Kier molecular flexibility index (Phi) is 8.24. The van der Waals surface area contributed by atoms with Crippen molar-refractivity contribution in [3.8, 4) is 0 Å². The molecule has 0 bridgehead atoms. The highest BCUT2D eigenvalue weighted by molar-refractivity contribution is 5.89. The van der Waals surface area contributed by atoms with Gasteiger partial charge in [-0.15, -0.1) is 0 Å². The van der Waals surface area contributed by atoms with Crippen LogP contribution < -0.4 is 0 Å². The first-order valence-corrected chi connectivity index (χ1v) is 9.52. The van der Waals surface area contributed by atoms with E-state index in [9.17, 15) is 50.4 Å². The highest BCUT2D eigenvalue weighted by atomic mass is 16.7. The summed E-state index contributed by atoms with van der Waals surface area (Å²) in [4.78, 5) is 24.7. The Balaban J connectivity index is 2.02. The monoisotopic (exact) mass is 456 g/mol. The SMILES string of the molecule is O=C(CCCC(=O)C1(O)O[C@H](CO)[C@@H](O)[C@H](O)[C@H]1O)C1(O)O[C@H](CO)[C@@H](O)[C@H](O)[C@H]1O. The molecule has 10 N–H and O–H groups in total. The number of hydrogen-bond acceptors (Lipinski definition) is 14. The van der Waals surface area contributed by atoms with E-state index in [-0.39, 0.29) is 6.42 Å². The molecule has 0 radical (unpaired) electrons. The smallest absolute Gasteiger partial charge is 0.256 e. The van der Waals surface area contributed by atoms with Crippen LogP contribution in [0.2, 0.25) is 0 Å². The molecule has 2 aliphatic heterocycles. The van der Waals surface area contributed by atoms with Gasteiger partial charge in [-0.25, -0.2) is 0 Å². The zero-order valence-corrected chi connectivity index (χ0v) is 16.3. The molecule has 2 aliphatic rings. The van der Waals surface area contributed by atoms with Gasteiger partial charge in [-0.3, -0.25) is 9.59 Å². The van der Waals surface area contributed by atoms with Crippen molar-refractivity contribution in [2.75, 3.05) is 13.2 Å². The summed E-state index contributed by atoms with van der Waals surface area (Å²) >= 11 is 0. The van der Waals surface area contributed by atoms with Crippen LogP contribution in [-0.4, -0.2) is 136 Å². The van der Waals surface area contributed by atoms with E-state index in [1.165, 1.54) is 0 Å². The highest BCUT2D eigenvalue weighted by Gasteiger charge is 2.58. The van der Waals surface area contributed by atoms with Crippen molar-refractivity contribution in [1.82, 2.24) is 0 Å². The molecule has 14 nitrogen and oxygen atoms in total. The molecule has 2 fully saturated rings. The fourth-order valence-corrected chi connectivity index (χ4v) is 3.54. The number of ether oxygens (including phenoxy) is 2. The van der Waals surface area contributed by atoms with E-state index in [1.54, 1.807) is 0 Å². The van der Waals surface area contributed by atoms with E-state index in [4.69, 9.17) is 19.7 Å². The third-order valence-electron chi connectivity index (χ3n) is 5.54. The lowest BCUT2D eigenvalue weighted by Crippen LogP contribution is -2.68. The van der Waals surface area contributed by atoms with Crippen LogP contribution in [-0.2, 0) is 19.1 Å². The molecule has 0 aromatic heterocycles. The molecule has 2 unspecified atom stereocenters. The maximum absolute atomic E-state index is 12.4. The molecular weight excluding hydrogens is 428 g/mol. The normalized spacial score (nSPS) is 46.0. The van der Waals surface area contributed by atoms with E-state index in [0.29, 0.717) is 0 Å². The minimum absolute atomic E-state index is 0.390. The molecule has 2 rings (SSSR count). The van der Waals surface area contributed by atoms with Crippen LogP contribution in [0.3, 0.4) is 0 Å². The Morgan fingerprint density at radius 1 is 0.645 bits per heavy atom. The predicted octanol–water partition coefficient (Wildman–Crippen LogP) is -6.38. The lowest BCUT2D eigenvalue weighted by atomic mass is 9.87. The first-order valence-electron chi connectivity index (χ1n) is 9.52. The van der Waals surface area contributed by atoms with E-state index in [1.807, 2.05) is 0 Å². The van der Waals surface area contributed by atoms with Gasteiger partial charge in [-0.2, -0.15) is 0 Å². The van der Waals surface area contributed by atoms with Crippen LogP contribution >= 0.6 is 0 Å². The van der Waals surface area contributed by atoms with Crippen LogP contribution in [0, 0.1) is 0 Å². The second-order valence-corrected chi connectivity index (χ2v) is 7.62. The van der Waals surface area contributed by atoms with Crippen molar-refractivity contribution in [3.63, 3.8) is 0 Å². The third kappa shape index (κ3) is 4.66. The first-order chi connectivity index (χ1) is 14.3. The third-order valence-corrected chi connectivity index (χ3v) is 5.54. The van der Waals surface area contributed by atoms with Gasteiger partial charge in [0.05, 0.1) is 13.2 Å². The molecule has 31 heavy (non-hydrogen) atoms. The molecule has 2 heterocycles. The van der Waals surface area contributed by atoms with Gasteiger partial charge in [0.1, 0.15) is 48.8 Å². The largest absolute Gasteiger partial charge is 0.394 e. The second kappa shape index (κ2) is 9.78. The van der Waals surface area contributed by atoms with E-state index in [0.717, 1.165) is 0 Å². The number of ketones is 2. The van der Waals surface area contributed by atoms with Gasteiger partial charge in [0.25, 0.3) is 11.6 Å². The Labute approximate surface area is 175 Å². The van der Waals surface area contributed by atoms with Crippen molar-refractivity contribution in [2.45, 2.75) is 79.7 Å².